The van der Waals surface area contributed by atoms with E-state index < -0.39 is 20.8 Å². The van der Waals surface area contributed by atoms with Crippen molar-refractivity contribution in [3.8, 4) is 0 Å². The Balaban J connectivity index is 1.26. The summed E-state index contributed by atoms with van der Waals surface area (Å²) in [5, 5.41) is 7.61. The van der Waals surface area contributed by atoms with Crippen LogP contribution in [-0.2, 0) is 19.7 Å². The molecule has 3 aromatic rings. The van der Waals surface area contributed by atoms with Crippen LogP contribution in [0.4, 0.5) is 11.4 Å². The molecule has 2 aliphatic rings. The van der Waals surface area contributed by atoms with E-state index in [4.69, 9.17) is 39.6 Å². The average Bonchev–Trinajstić information content (AvgIpc) is 3.44. The van der Waals surface area contributed by atoms with Crippen LogP contribution in [0.3, 0.4) is 0 Å². The Kier molecular flexibility index (Phi) is 8.87. The molecule has 0 bridgehead atoms. The Bertz CT molecular complexity index is 1510. The molecule has 5 rings (SSSR count). The van der Waals surface area contributed by atoms with Gasteiger partial charge in [-0.1, -0.05) is 76.4 Å². The maximum absolute atomic E-state index is 12.8. The fourth-order valence-electron chi connectivity index (χ4n) is 4.90. The van der Waals surface area contributed by atoms with Gasteiger partial charge in [0.2, 0.25) is 10.0 Å². The number of nitrogens with zero attached hydrogens (tertiary/aromatic N) is 2. The highest BCUT2D eigenvalue weighted by Crippen LogP contribution is 2.37. The van der Waals surface area contributed by atoms with Gasteiger partial charge in [0, 0.05) is 42.5 Å². The highest BCUT2D eigenvalue weighted by molar-refractivity contribution is 7.89. The number of carbonyl (C=O) groups excluding carboxylic acids is 1. The van der Waals surface area contributed by atoms with Crippen LogP contribution >= 0.6 is 34.8 Å². The van der Waals surface area contributed by atoms with Gasteiger partial charge in [0.1, 0.15) is 0 Å². The molecule has 40 heavy (non-hydrogen) atoms. The van der Waals surface area contributed by atoms with Crippen LogP contribution < -0.4 is 14.9 Å². The molecule has 0 aromatic heterocycles. The first kappa shape index (κ1) is 28.7. The van der Waals surface area contributed by atoms with Gasteiger partial charge in [-0.25, -0.2) is 13.1 Å². The third kappa shape index (κ3) is 6.56. The zero-order valence-electron chi connectivity index (χ0n) is 21.3. The standard InChI is InChI=1S/C28H27Cl3N4O4S/c29-22-10-5-11-24(35-14-12-19(13-15-35)34-40(37,38)21-8-2-1-3-9-21)26(22)23-17-25(39-33-23)18-6-4-7-20(16-18)32-28(36)27(30)31/h1-11,16,19,25,27,34H,12-15,17H2,(H,32,36). The number of halogens is 3. The van der Waals surface area contributed by atoms with Gasteiger partial charge < -0.3 is 15.1 Å². The summed E-state index contributed by atoms with van der Waals surface area (Å²) in [5.74, 6) is -0.512. The van der Waals surface area contributed by atoms with E-state index >= 15 is 0 Å². The number of nitrogens with one attached hydrogen (secondary N) is 2. The largest absolute Gasteiger partial charge is 0.387 e. The van der Waals surface area contributed by atoms with Gasteiger partial charge >= 0.3 is 0 Å². The van der Waals surface area contributed by atoms with Crippen molar-refractivity contribution < 1.29 is 18.0 Å². The molecule has 8 nitrogen and oxygen atoms in total. The van der Waals surface area contributed by atoms with Crippen molar-refractivity contribution in [2.75, 3.05) is 23.3 Å². The molecule has 0 saturated carbocycles. The number of amides is 1. The third-order valence-electron chi connectivity index (χ3n) is 6.88. The zero-order valence-corrected chi connectivity index (χ0v) is 24.3. The lowest BCUT2D eigenvalue weighted by atomic mass is 9.97. The van der Waals surface area contributed by atoms with Gasteiger partial charge in [-0.2, -0.15) is 0 Å². The predicted octanol–water partition coefficient (Wildman–Crippen LogP) is 5.90. The van der Waals surface area contributed by atoms with E-state index in [1.165, 1.54) is 0 Å². The van der Waals surface area contributed by atoms with Crippen LogP contribution in [0, 0.1) is 0 Å². The molecular weight excluding hydrogens is 595 g/mol. The molecular formula is C28H27Cl3N4O4S. The molecule has 0 spiro atoms. The minimum atomic E-state index is -3.58. The Morgan fingerprint density at radius 3 is 2.45 bits per heavy atom. The Morgan fingerprint density at radius 1 is 1.00 bits per heavy atom. The predicted molar refractivity (Wildman–Crippen MR) is 159 cm³/mol. The molecule has 210 valence electrons. The van der Waals surface area contributed by atoms with Crippen LogP contribution in [0.1, 0.15) is 36.5 Å². The van der Waals surface area contributed by atoms with Crippen molar-refractivity contribution in [2.24, 2.45) is 5.16 Å². The van der Waals surface area contributed by atoms with E-state index in [1.807, 2.05) is 24.3 Å². The smallest absolute Gasteiger partial charge is 0.257 e. The molecule has 0 aliphatic carbocycles. The van der Waals surface area contributed by atoms with E-state index in [2.05, 4.69) is 20.1 Å². The maximum Gasteiger partial charge on any atom is 0.257 e. The monoisotopic (exact) mass is 620 g/mol. The van der Waals surface area contributed by atoms with Crippen LogP contribution in [0.5, 0.6) is 0 Å². The first-order chi connectivity index (χ1) is 19.2. The number of carbonyl (C=O) groups is 1. The second-order valence-electron chi connectivity index (χ2n) is 9.58. The fraction of sp³-hybridized carbons (Fsp3) is 0.286. The molecule has 1 amide bonds. The van der Waals surface area contributed by atoms with E-state index in [-0.39, 0.29) is 17.0 Å². The van der Waals surface area contributed by atoms with E-state index in [0.717, 1.165) is 16.8 Å². The summed E-state index contributed by atoms with van der Waals surface area (Å²) in [7, 11) is -3.58. The number of oxime groups is 1. The van der Waals surface area contributed by atoms with Gasteiger partial charge in [-0.15, -0.1) is 0 Å². The van der Waals surface area contributed by atoms with Gasteiger partial charge in [0.25, 0.3) is 5.91 Å². The van der Waals surface area contributed by atoms with Crippen molar-refractivity contribution in [3.05, 3.63) is 88.9 Å². The molecule has 2 aliphatic heterocycles. The average molecular weight is 622 g/mol. The van der Waals surface area contributed by atoms with Crippen LogP contribution in [0.15, 0.2) is 82.8 Å². The summed E-state index contributed by atoms with van der Waals surface area (Å²) in [4.78, 5) is 19.0. The Morgan fingerprint density at radius 2 is 1.73 bits per heavy atom. The van der Waals surface area contributed by atoms with Gasteiger partial charge in [0.05, 0.1) is 15.6 Å². The summed E-state index contributed by atoms with van der Waals surface area (Å²) in [6.45, 7) is 1.30. The van der Waals surface area contributed by atoms with Gasteiger partial charge in [-0.3, -0.25) is 4.79 Å². The van der Waals surface area contributed by atoms with E-state index in [9.17, 15) is 13.2 Å². The highest BCUT2D eigenvalue weighted by atomic mass is 35.5. The number of rotatable bonds is 8. The van der Waals surface area contributed by atoms with Crippen molar-refractivity contribution in [3.63, 3.8) is 0 Å². The number of alkyl halides is 2. The van der Waals surface area contributed by atoms with E-state index in [1.54, 1.807) is 48.5 Å². The zero-order chi connectivity index (χ0) is 28.3. The summed E-state index contributed by atoms with van der Waals surface area (Å²) >= 11 is 18.0. The van der Waals surface area contributed by atoms with Crippen LogP contribution in [0.25, 0.3) is 0 Å². The van der Waals surface area contributed by atoms with Crippen molar-refractivity contribution >= 4 is 67.8 Å². The van der Waals surface area contributed by atoms with Crippen molar-refractivity contribution in [1.29, 1.82) is 0 Å². The Hall–Kier alpha value is -2.82. The lowest BCUT2D eigenvalue weighted by Gasteiger charge is -2.35. The SMILES string of the molecule is O=C(Nc1cccc(C2CC(c3c(Cl)cccc3N3CCC(NS(=O)(=O)c4ccccc4)CC3)=NO2)c1)C(Cl)Cl. The highest BCUT2D eigenvalue weighted by Gasteiger charge is 2.31. The number of sulfonamides is 1. The maximum atomic E-state index is 12.8. The molecule has 12 heteroatoms. The number of hydrogen-bond donors (Lipinski definition) is 2. The first-order valence-corrected chi connectivity index (χ1v) is 15.5. The summed E-state index contributed by atoms with van der Waals surface area (Å²) in [6, 6.07) is 21.2. The molecule has 1 unspecified atom stereocenters. The first-order valence-electron chi connectivity index (χ1n) is 12.7. The van der Waals surface area contributed by atoms with Crippen LogP contribution in [0.2, 0.25) is 5.02 Å². The second-order valence-corrected chi connectivity index (χ2v) is 12.8. The molecule has 1 atom stereocenters. The number of benzene rings is 3. The Labute approximate surface area is 248 Å². The third-order valence-corrected chi connectivity index (χ3v) is 9.13. The lowest BCUT2D eigenvalue weighted by molar-refractivity contribution is -0.114. The van der Waals surface area contributed by atoms with Gasteiger partial charge in [0.15, 0.2) is 10.9 Å². The molecule has 3 aromatic carbocycles. The van der Waals surface area contributed by atoms with Gasteiger partial charge in [-0.05, 0) is 54.8 Å². The molecule has 1 saturated heterocycles. The fourth-order valence-corrected chi connectivity index (χ4v) is 6.62. The number of anilines is 2. The molecule has 0 radical (unpaired) electrons. The summed E-state index contributed by atoms with van der Waals surface area (Å²) in [5.41, 5.74) is 3.82. The molecule has 2 N–H and O–H groups in total. The van der Waals surface area contributed by atoms with E-state index in [0.29, 0.717) is 48.8 Å². The normalized spacial score (nSPS) is 17.9. The van der Waals surface area contributed by atoms with Crippen LogP contribution in [-0.4, -0.2) is 44.0 Å². The summed E-state index contributed by atoms with van der Waals surface area (Å²) < 4.78 is 28.4. The second kappa shape index (κ2) is 12.4. The summed E-state index contributed by atoms with van der Waals surface area (Å²) in [6.07, 6.45) is 1.41. The molecule has 1 fully saturated rings. The quantitative estimate of drug-likeness (QED) is 0.306. The van der Waals surface area contributed by atoms with Crippen molar-refractivity contribution in [2.45, 2.75) is 41.1 Å². The minimum Gasteiger partial charge on any atom is -0.387 e. The number of hydrogen-bond acceptors (Lipinski definition) is 6. The minimum absolute atomic E-state index is 0.165. The molecule has 2 heterocycles. The number of piperidine rings is 1. The topological polar surface area (TPSA) is 100 Å². The van der Waals surface area contributed by atoms with Crippen molar-refractivity contribution in [1.82, 2.24) is 4.72 Å². The lowest BCUT2D eigenvalue weighted by Crippen LogP contribution is -2.45.